The average molecular weight is 535 g/mol. The lowest BCUT2D eigenvalue weighted by Gasteiger charge is -2.16. The molecule has 0 saturated carbocycles. The van der Waals surface area contributed by atoms with Crippen molar-refractivity contribution < 1.29 is 14.7 Å². The number of anilines is 4. The summed E-state index contributed by atoms with van der Waals surface area (Å²) in [5.41, 5.74) is 7.03. The Morgan fingerprint density at radius 2 is 1.97 bits per heavy atom. The Kier molecular flexibility index (Phi) is 9.42. The largest absolute Gasteiger partial charge is 0.391 e. The first-order valence-corrected chi connectivity index (χ1v) is 12.0. The second kappa shape index (κ2) is 12.5. The molecule has 1 aromatic heterocycles. The van der Waals surface area contributed by atoms with Crippen LogP contribution in [0.2, 0.25) is 0 Å². The van der Waals surface area contributed by atoms with Crippen LogP contribution >= 0.6 is 15.9 Å². The van der Waals surface area contributed by atoms with Gasteiger partial charge in [-0.1, -0.05) is 6.07 Å². The number of likely N-dealkylation sites (tertiary alicyclic amines) is 1. The molecule has 0 spiro atoms. The molecule has 184 valence electrons. The van der Waals surface area contributed by atoms with Gasteiger partial charge in [0.2, 0.25) is 11.9 Å². The Hall–Kier alpha value is -2.96. The van der Waals surface area contributed by atoms with Gasteiger partial charge in [-0.3, -0.25) is 4.79 Å². The third-order valence-electron chi connectivity index (χ3n) is 5.28. The molecule has 0 radical (unpaired) electrons. The molecule has 3 rings (SSSR count). The van der Waals surface area contributed by atoms with Crippen molar-refractivity contribution in [3.05, 3.63) is 34.9 Å². The highest BCUT2D eigenvalue weighted by molar-refractivity contribution is 9.10. The molecule has 2 atom stereocenters. The highest BCUT2D eigenvalue weighted by Crippen LogP contribution is 2.23. The third kappa shape index (κ3) is 7.54. The van der Waals surface area contributed by atoms with Crippen molar-refractivity contribution in [1.82, 2.24) is 20.2 Å². The van der Waals surface area contributed by atoms with Gasteiger partial charge in [-0.2, -0.15) is 4.98 Å². The number of aliphatic hydroxyl groups excluding tert-OH is 1. The molecule has 2 heterocycles. The Labute approximate surface area is 207 Å². The molecule has 1 aliphatic rings. The van der Waals surface area contributed by atoms with Crippen molar-refractivity contribution in [2.24, 2.45) is 5.73 Å². The molecule has 7 N–H and O–H groups in total. The first-order valence-electron chi connectivity index (χ1n) is 11.2. The van der Waals surface area contributed by atoms with Crippen LogP contribution in [0.4, 0.5) is 27.9 Å². The molecule has 1 saturated heterocycles. The molecule has 2 aromatic rings. The van der Waals surface area contributed by atoms with Crippen LogP contribution in [0.5, 0.6) is 0 Å². The minimum absolute atomic E-state index is 0.0925. The maximum Gasteiger partial charge on any atom is 0.321 e. The van der Waals surface area contributed by atoms with Crippen LogP contribution in [0, 0.1) is 0 Å². The van der Waals surface area contributed by atoms with Gasteiger partial charge in [0.1, 0.15) is 11.9 Å². The highest BCUT2D eigenvalue weighted by Gasteiger charge is 2.18. The number of halogens is 1. The molecule has 0 unspecified atom stereocenters. The zero-order chi connectivity index (χ0) is 24.5. The molecule has 11 nitrogen and oxygen atoms in total. The lowest BCUT2D eigenvalue weighted by atomic mass is 10.2. The number of amides is 3. The van der Waals surface area contributed by atoms with Gasteiger partial charge in [0, 0.05) is 43.8 Å². The molecular weight excluding hydrogens is 504 g/mol. The SMILES string of the molecule is C[C@@H](O)[C@@H](N)C(=O)NCCCNc1nc(Nc2cccc(NC(=O)N3CCCC3)c2)ncc1Br. The first kappa shape index (κ1) is 25.7. The number of rotatable bonds is 10. The maximum atomic E-state index is 12.3. The molecule has 3 amide bonds. The lowest BCUT2D eigenvalue weighted by molar-refractivity contribution is -0.124. The van der Waals surface area contributed by atoms with Crippen LogP contribution in [-0.4, -0.2) is 70.2 Å². The van der Waals surface area contributed by atoms with E-state index < -0.39 is 12.1 Å². The summed E-state index contributed by atoms with van der Waals surface area (Å²) in [4.78, 5) is 34.7. The lowest BCUT2D eigenvalue weighted by Crippen LogP contribution is -2.47. The molecule has 12 heteroatoms. The van der Waals surface area contributed by atoms with Crippen LogP contribution in [0.1, 0.15) is 26.2 Å². The Morgan fingerprint density at radius 3 is 2.71 bits per heavy atom. The predicted molar refractivity (Wildman–Crippen MR) is 135 cm³/mol. The number of aliphatic hydroxyl groups is 1. The smallest absolute Gasteiger partial charge is 0.321 e. The number of carbonyl (C=O) groups is 2. The van der Waals surface area contributed by atoms with Crippen LogP contribution in [0.25, 0.3) is 0 Å². The van der Waals surface area contributed by atoms with E-state index >= 15 is 0 Å². The number of benzene rings is 1. The minimum atomic E-state index is -0.940. The summed E-state index contributed by atoms with van der Waals surface area (Å²) in [6, 6.07) is 6.34. The fraction of sp³-hybridized carbons (Fsp3) is 0.455. The van der Waals surface area contributed by atoms with Gasteiger partial charge in [0.15, 0.2) is 0 Å². The summed E-state index contributed by atoms with van der Waals surface area (Å²) in [5, 5.41) is 21.3. The van der Waals surface area contributed by atoms with E-state index in [2.05, 4.69) is 47.2 Å². The van der Waals surface area contributed by atoms with E-state index in [1.54, 1.807) is 6.20 Å². The van der Waals surface area contributed by atoms with Crippen LogP contribution < -0.4 is 27.0 Å². The predicted octanol–water partition coefficient (Wildman–Crippen LogP) is 2.24. The fourth-order valence-corrected chi connectivity index (χ4v) is 3.65. The quantitative estimate of drug-likeness (QED) is 0.253. The van der Waals surface area contributed by atoms with Gasteiger partial charge in [-0.05, 0) is 60.3 Å². The van der Waals surface area contributed by atoms with Gasteiger partial charge in [0.25, 0.3) is 0 Å². The number of hydrogen-bond donors (Lipinski definition) is 6. The first-order chi connectivity index (χ1) is 16.3. The van der Waals surface area contributed by atoms with Crippen molar-refractivity contribution in [3.63, 3.8) is 0 Å². The maximum absolute atomic E-state index is 12.3. The molecular formula is C22H31BrN8O3. The number of carbonyl (C=O) groups excluding carboxylic acids is 2. The van der Waals surface area contributed by atoms with Crippen molar-refractivity contribution >= 4 is 51.0 Å². The van der Waals surface area contributed by atoms with Crippen molar-refractivity contribution in [2.45, 2.75) is 38.3 Å². The topological polar surface area (TPSA) is 158 Å². The van der Waals surface area contributed by atoms with Crippen molar-refractivity contribution in [1.29, 1.82) is 0 Å². The Balaban J connectivity index is 1.50. The van der Waals surface area contributed by atoms with Gasteiger partial charge in [-0.15, -0.1) is 0 Å². The summed E-state index contributed by atoms with van der Waals surface area (Å²) in [6.07, 6.45) is 3.45. The number of nitrogens with two attached hydrogens (primary N) is 1. The zero-order valence-corrected chi connectivity index (χ0v) is 20.6. The average Bonchev–Trinajstić information content (AvgIpc) is 3.35. The number of nitrogens with one attached hydrogen (secondary N) is 4. The van der Waals surface area contributed by atoms with Crippen LogP contribution in [-0.2, 0) is 4.79 Å². The van der Waals surface area contributed by atoms with Crippen LogP contribution in [0.15, 0.2) is 34.9 Å². The third-order valence-corrected chi connectivity index (χ3v) is 5.86. The van der Waals surface area contributed by atoms with Gasteiger partial charge >= 0.3 is 6.03 Å². The Bertz CT molecular complexity index is 984. The molecule has 34 heavy (non-hydrogen) atoms. The summed E-state index contributed by atoms with van der Waals surface area (Å²) in [5.74, 6) is 0.608. The summed E-state index contributed by atoms with van der Waals surface area (Å²) in [6.45, 7) is 4.01. The zero-order valence-electron chi connectivity index (χ0n) is 19.1. The number of hydrogen-bond acceptors (Lipinski definition) is 8. The summed E-state index contributed by atoms with van der Waals surface area (Å²) >= 11 is 3.43. The van der Waals surface area contributed by atoms with Crippen LogP contribution in [0.3, 0.4) is 0 Å². The van der Waals surface area contributed by atoms with E-state index in [9.17, 15) is 14.7 Å². The summed E-state index contributed by atoms with van der Waals surface area (Å²) < 4.78 is 0.699. The number of urea groups is 1. The van der Waals surface area contributed by atoms with Gasteiger partial charge in [0.05, 0.1) is 10.6 Å². The second-order valence-corrected chi connectivity index (χ2v) is 8.91. The standard InChI is InChI=1S/C22H31BrN8O3/c1-14(32)18(24)20(33)26-9-5-8-25-19-17(23)13-27-21(30-19)28-15-6-4-7-16(12-15)29-22(34)31-10-2-3-11-31/h4,6-7,12-14,18,32H,2-3,5,8-11,24H2,1H3,(H,26,33)(H,29,34)(H2,25,27,28,30)/t14-,18-/m1/s1. The molecule has 1 aliphatic heterocycles. The highest BCUT2D eigenvalue weighted by atomic mass is 79.9. The van der Waals surface area contributed by atoms with Gasteiger partial charge in [-0.25, -0.2) is 9.78 Å². The normalized spacial score (nSPS) is 14.9. The number of nitrogens with zero attached hydrogens (tertiary/aromatic N) is 3. The van der Waals surface area contributed by atoms with E-state index in [0.29, 0.717) is 41.4 Å². The molecule has 1 aromatic carbocycles. The van der Waals surface area contributed by atoms with E-state index in [0.717, 1.165) is 31.6 Å². The van der Waals surface area contributed by atoms with E-state index in [1.807, 2.05) is 29.2 Å². The van der Waals surface area contributed by atoms with E-state index in [4.69, 9.17) is 5.73 Å². The van der Waals surface area contributed by atoms with Gasteiger partial charge < -0.3 is 37.0 Å². The fourth-order valence-electron chi connectivity index (χ4n) is 3.32. The van der Waals surface area contributed by atoms with Crippen molar-refractivity contribution in [2.75, 3.05) is 42.1 Å². The molecule has 0 aliphatic carbocycles. The monoisotopic (exact) mass is 534 g/mol. The van der Waals surface area contributed by atoms with E-state index in [1.165, 1.54) is 6.92 Å². The summed E-state index contributed by atoms with van der Waals surface area (Å²) in [7, 11) is 0. The molecule has 0 bridgehead atoms. The van der Waals surface area contributed by atoms with E-state index in [-0.39, 0.29) is 11.9 Å². The van der Waals surface area contributed by atoms with Crippen molar-refractivity contribution in [3.8, 4) is 0 Å². The molecule has 1 fully saturated rings. The second-order valence-electron chi connectivity index (χ2n) is 8.06. The minimum Gasteiger partial charge on any atom is -0.391 e. The number of aromatic nitrogens is 2. The Morgan fingerprint density at radius 1 is 1.24 bits per heavy atom.